The predicted molar refractivity (Wildman–Crippen MR) is 78.1 cm³/mol. The molecule has 2 aromatic rings. The zero-order valence-corrected chi connectivity index (χ0v) is 12.1. The third kappa shape index (κ3) is 2.60. The van der Waals surface area contributed by atoms with E-state index in [2.05, 4.69) is 15.6 Å². The molecule has 1 aromatic carbocycles. The summed E-state index contributed by atoms with van der Waals surface area (Å²) < 4.78 is 7.71. The van der Waals surface area contributed by atoms with Gasteiger partial charge in [0.1, 0.15) is 11.3 Å². The Morgan fingerprint density at radius 1 is 1.42 bits per heavy atom. The molecule has 2 heterocycles. The normalized spacial score (nSPS) is 19.4. The fourth-order valence-electron chi connectivity index (χ4n) is 2.63. The van der Waals surface area contributed by atoms with Gasteiger partial charge in [-0.05, 0) is 18.6 Å². The number of hydrogen-bond donors (Lipinski definition) is 0. The highest BCUT2D eigenvalue weighted by Crippen LogP contribution is 2.26. The van der Waals surface area contributed by atoms with Crippen LogP contribution >= 0.6 is 23.2 Å². The van der Waals surface area contributed by atoms with Crippen molar-refractivity contribution in [3.05, 3.63) is 29.0 Å². The van der Waals surface area contributed by atoms with Crippen molar-refractivity contribution in [3.63, 3.8) is 0 Å². The van der Waals surface area contributed by atoms with Crippen LogP contribution in [0.15, 0.2) is 18.2 Å². The summed E-state index contributed by atoms with van der Waals surface area (Å²) in [6.45, 7) is 2.63. The summed E-state index contributed by atoms with van der Waals surface area (Å²) in [6.07, 6.45) is 1.88. The molecule has 1 atom stereocenters. The SMILES string of the molecule is ClCCc1nc2c(Cl)cccc2n1CC1CCOC1. The van der Waals surface area contributed by atoms with Gasteiger partial charge in [-0.15, -0.1) is 11.6 Å². The second-order valence-electron chi connectivity index (χ2n) is 4.91. The Bertz CT molecular complexity index is 576. The van der Waals surface area contributed by atoms with E-state index in [1.807, 2.05) is 12.1 Å². The van der Waals surface area contributed by atoms with Crippen LogP contribution in [0.25, 0.3) is 11.0 Å². The van der Waals surface area contributed by atoms with Gasteiger partial charge in [0, 0.05) is 31.4 Å². The zero-order valence-electron chi connectivity index (χ0n) is 10.6. The Hall–Kier alpha value is -0.770. The third-order valence-corrected chi connectivity index (χ3v) is 4.09. The number of rotatable bonds is 4. The summed E-state index contributed by atoms with van der Waals surface area (Å²) in [6, 6.07) is 5.92. The van der Waals surface area contributed by atoms with E-state index in [1.165, 1.54) is 0 Å². The van der Waals surface area contributed by atoms with Gasteiger partial charge in [-0.3, -0.25) is 0 Å². The van der Waals surface area contributed by atoms with E-state index in [0.717, 1.165) is 49.5 Å². The minimum Gasteiger partial charge on any atom is -0.381 e. The van der Waals surface area contributed by atoms with Crippen LogP contribution in [0.1, 0.15) is 12.2 Å². The van der Waals surface area contributed by atoms with Crippen LogP contribution in [-0.4, -0.2) is 28.6 Å². The smallest absolute Gasteiger partial charge is 0.111 e. The number of benzene rings is 1. The van der Waals surface area contributed by atoms with E-state index in [1.54, 1.807) is 0 Å². The third-order valence-electron chi connectivity index (χ3n) is 3.59. The summed E-state index contributed by atoms with van der Waals surface area (Å²) in [5.74, 6) is 2.15. The fraction of sp³-hybridized carbons (Fsp3) is 0.500. The van der Waals surface area contributed by atoms with Crippen LogP contribution in [0.2, 0.25) is 5.02 Å². The van der Waals surface area contributed by atoms with Crippen LogP contribution in [-0.2, 0) is 17.7 Å². The van der Waals surface area contributed by atoms with Gasteiger partial charge in [0.2, 0.25) is 0 Å². The second kappa shape index (κ2) is 5.70. The highest BCUT2D eigenvalue weighted by molar-refractivity contribution is 6.34. The topological polar surface area (TPSA) is 27.1 Å². The average molecular weight is 299 g/mol. The van der Waals surface area contributed by atoms with Crippen LogP contribution in [0.3, 0.4) is 0 Å². The van der Waals surface area contributed by atoms with Gasteiger partial charge in [-0.1, -0.05) is 17.7 Å². The number of alkyl halides is 1. The Labute approximate surface area is 122 Å². The van der Waals surface area contributed by atoms with Gasteiger partial charge in [0.25, 0.3) is 0 Å². The molecule has 1 aliphatic heterocycles. The number of aromatic nitrogens is 2. The molecular weight excluding hydrogens is 283 g/mol. The largest absolute Gasteiger partial charge is 0.381 e. The zero-order chi connectivity index (χ0) is 13.2. The minimum atomic E-state index is 0.561. The molecule has 1 saturated heterocycles. The first-order valence-corrected chi connectivity index (χ1v) is 7.48. The lowest BCUT2D eigenvalue weighted by Gasteiger charge is -2.12. The lowest BCUT2D eigenvalue weighted by Crippen LogP contribution is -2.13. The van der Waals surface area contributed by atoms with Crippen LogP contribution in [0.5, 0.6) is 0 Å². The fourth-order valence-corrected chi connectivity index (χ4v) is 3.01. The summed E-state index contributed by atoms with van der Waals surface area (Å²) in [4.78, 5) is 4.65. The molecule has 1 aliphatic rings. The molecule has 19 heavy (non-hydrogen) atoms. The number of ether oxygens (including phenoxy) is 1. The molecular formula is C14H16Cl2N2O. The molecule has 0 amide bonds. The molecule has 3 rings (SSSR count). The standard InChI is InChI=1S/C14H16Cl2N2O/c15-6-4-13-17-14-11(16)2-1-3-12(14)18(13)8-10-5-7-19-9-10/h1-3,10H,4-9H2. The van der Waals surface area contributed by atoms with Crippen molar-refractivity contribution >= 4 is 34.2 Å². The van der Waals surface area contributed by atoms with Gasteiger partial charge < -0.3 is 9.30 Å². The van der Waals surface area contributed by atoms with Gasteiger partial charge >= 0.3 is 0 Å². The molecule has 0 N–H and O–H groups in total. The molecule has 1 fully saturated rings. The van der Waals surface area contributed by atoms with Crippen molar-refractivity contribution in [1.29, 1.82) is 0 Å². The molecule has 0 saturated carbocycles. The molecule has 1 aromatic heterocycles. The lowest BCUT2D eigenvalue weighted by atomic mass is 10.1. The molecule has 0 bridgehead atoms. The Balaban J connectivity index is 2.02. The van der Waals surface area contributed by atoms with Gasteiger partial charge in [-0.25, -0.2) is 4.98 Å². The van der Waals surface area contributed by atoms with E-state index < -0.39 is 0 Å². The van der Waals surface area contributed by atoms with E-state index >= 15 is 0 Å². The maximum Gasteiger partial charge on any atom is 0.111 e. The van der Waals surface area contributed by atoms with E-state index in [9.17, 15) is 0 Å². The number of para-hydroxylation sites is 1. The first kappa shape index (κ1) is 13.2. The number of fused-ring (bicyclic) bond motifs is 1. The molecule has 0 aliphatic carbocycles. The van der Waals surface area contributed by atoms with Crippen LogP contribution < -0.4 is 0 Å². The maximum absolute atomic E-state index is 6.23. The van der Waals surface area contributed by atoms with Crippen molar-refractivity contribution in [2.24, 2.45) is 5.92 Å². The van der Waals surface area contributed by atoms with Gasteiger partial charge in [0.15, 0.2) is 0 Å². The number of imidazole rings is 1. The molecule has 3 nitrogen and oxygen atoms in total. The molecule has 5 heteroatoms. The van der Waals surface area contributed by atoms with E-state index in [-0.39, 0.29) is 0 Å². The Kier molecular flexibility index (Phi) is 3.96. The Morgan fingerprint density at radius 2 is 2.32 bits per heavy atom. The molecule has 1 unspecified atom stereocenters. The summed E-state index contributed by atoms with van der Waals surface area (Å²) in [7, 11) is 0. The quantitative estimate of drug-likeness (QED) is 0.808. The number of aryl methyl sites for hydroxylation is 1. The molecule has 0 radical (unpaired) electrons. The van der Waals surface area contributed by atoms with Gasteiger partial charge in [0.05, 0.1) is 17.1 Å². The van der Waals surface area contributed by atoms with Crippen molar-refractivity contribution < 1.29 is 4.74 Å². The van der Waals surface area contributed by atoms with E-state index in [0.29, 0.717) is 16.8 Å². The van der Waals surface area contributed by atoms with Crippen LogP contribution in [0.4, 0.5) is 0 Å². The number of hydrogen-bond acceptors (Lipinski definition) is 2. The highest BCUT2D eigenvalue weighted by atomic mass is 35.5. The molecule has 102 valence electrons. The first-order chi connectivity index (χ1) is 9.29. The van der Waals surface area contributed by atoms with E-state index in [4.69, 9.17) is 27.9 Å². The Morgan fingerprint density at radius 3 is 3.05 bits per heavy atom. The first-order valence-electron chi connectivity index (χ1n) is 6.57. The molecule has 0 spiro atoms. The number of nitrogens with zero attached hydrogens (tertiary/aromatic N) is 2. The predicted octanol–water partition coefficient (Wildman–Crippen LogP) is 3.51. The van der Waals surface area contributed by atoms with Crippen molar-refractivity contribution in [1.82, 2.24) is 9.55 Å². The van der Waals surface area contributed by atoms with Crippen molar-refractivity contribution in [2.75, 3.05) is 19.1 Å². The van der Waals surface area contributed by atoms with Gasteiger partial charge in [-0.2, -0.15) is 0 Å². The highest BCUT2D eigenvalue weighted by Gasteiger charge is 2.20. The average Bonchev–Trinajstić information content (AvgIpc) is 3.01. The van der Waals surface area contributed by atoms with Crippen molar-refractivity contribution in [3.8, 4) is 0 Å². The second-order valence-corrected chi connectivity index (χ2v) is 5.70. The maximum atomic E-state index is 6.23. The van der Waals surface area contributed by atoms with Crippen LogP contribution in [0, 0.1) is 5.92 Å². The summed E-state index contributed by atoms with van der Waals surface area (Å²) in [5, 5.41) is 0.703. The lowest BCUT2D eigenvalue weighted by molar-refractivity contribution is 0.182. The summed E-state index contributed by atoms with van der Waals surface area (Å²) >= 11 is 12.1. The minimum absolute atomic E-state index is 0.561. The summed E-state index contributed by atoms with van der Waals surface area (Å²) in [5.41, 5.74) is 1.97. The monoisotopic (exact) mass is 298 g/mol. The van der Waals surface area contributed by atoms with Crippen molar-refractivity contribution in [2.45, 2.75) is 19.4 Å². The number of halogens is 2.